The summed E-state index contributed by atoms with van der Waals surface area (Å²) in [4.78, 5) is 14.4. The smallest absolute Gasteiger partial charge is 0.236 e. The van der Waals surface area contributed by atoms with Crippen molar-refractivity contribution < 1.29 is 4.79 Å². The van der Waals surface area contributed by atoms with Crippen LogP contribution in [0.3, 0.4) is 0 Å². The molecule has 2 unspecified atom stereocenters. The minimum absolute atomic E-state index is 0.00171. The summed E-state index contributed by atoms with van der Waals surface area (Å²) < 4.78 is 0. The van der Waals surface area contributed by atoms with Crippen molar-refractivity contribution in [3.8, 4) is 0 Å². The number of nitrogens with two attached hydrogens (primary N) is 1. The highest BCUT2D eigenvalue weighted by Crippen LogP contribution is 2.35. The van der Waals surface area contributed by atoms with Gasteiger partial charge in [0.2, 0.25) is 5.91 Å². The Labute approximate surface area is 124 Å². The first-order valence-electron chi connectivity index (χ1n) is 7.97. The van der Waals surface area contributed by atoms with Crippen LogP contribution in [0.15, 0.2) is 0 Å². The van der Waals surface area contributed by atoms with Crippen molar-refractivity contribution in [1.82, 2.24) is 10.2 Å². The number of likely N-dealkylation sites (N-methyl/N-ethyl adjacent to an activating group) is 1. The third kappa shape index (κ3) is 4.74. The van der Waals surface area contributed by atoms with E-state index in [4.69, 9.17) is 5.73 Å². The summed E-state index contributed by atoms with van der Waals surface area (Å²) in [6.45, 7) is 7.22. The molecule has 1 aliphatic rings. The molecule has 1 saturated carbocycles. The molecule has 0 saturated heterocycles. The van der Waals surface area contributed by atoms with Crippen LogP contribution in [0, 0.1) is 11.8 Å². The normalized spacial score (nSPS) is 28.7. The predicted molar refractivity (Wildman–Crippen MR) is 84.5 cm³/mol. The molecule has 3 atom stereocenters. The molecule has 0 radical (unpaired) electrons. The third-order valence-electron chi connectivity index (χ3n) is 4.67. The Bertz CT molecular complexity index is 317. The number of rotatable bonds is 6. The van der Waals surface area contributed by atoms with Gasteiger partial charge in [-0.25, -0.2) is 0 Å². The van der Waals surface area contributed by atoms with Crippen molar-refractivity contribution in [3.05, 3.63) is 0 Å². The lowest BCUT2D eigenvalue weighted by Crippen LogP contribution is -2.56. The highest BCUT2D eigenvalue weighted by molar-refractivity contribution is 5.81. The topological polar surface area (TPSA) is 58.4 Å². The Morgan fingerprint density at radius 1 is 1.45 bits per heavy atom. The maximum Gasteiger partial charge on any atom is 0.236 e. The molecule has 0 aromatic carbocycles. The van der Waals surface area contributed by atoms with Gasteiger partial charge < -0.3 is 16.0 Å². The average Bonchev–Trinajstić information content (AvgIpc) is 2.34. The van der Waals surface area contributed by atoms with Gasteiger partial charge >= 0.3 is 0 Å². The Morgan fingerprint density at radius 3 is 2.60 bits per heavy atom. The zero-order valence-electron chi connectivity index (χ0n) is 13.9. The molecule has 0 aliphatic heterocycles. The lowest BCUT2D eigenvalue weighted by molar-refractivity contribution is -0.123. The number of carbonyl (C=O) groups is 1. The Morgan fingerprint density at radius 2 is 2.10 bits per heavy atom. The van der Waals surface area contributed by atoms with Gasteiger partial charge in [0.15, 0.2) is 0 Å². The molecule has 20 heavy (non-hydrogen) atoms. The van der Waals surface area contributed by atoms with E-state index < -0.39 is 0 Å². The first-order valence-corrected chi connectivity index (χ1v) is 7.97. The van der Waals surface area contributed by atoms with E-state index in [0.29, 0.717) is 5.92 Å². The van der Waals surface area contributed by atoms with E-state index in [2.05, 4.69) is 45.1 Å². The summed E-state index contributed by atoms with van der Waals surface area (Å²) in [5.41, 5.74) is 6.06. The van der Waals surface area contributed by atoms with Gasteiger partial charge in [-0.05, 0) is 45.2 Å². The number of hydrogen-bond donors (Lipinski definition) is 2. The van der Waals surface area contributed by atoms with Gasteiger partial charge in [0, 0.05) is 12.1 Å². The quantitative estimate of drug-likeness (QED) is 0.784. The molecule has 0 aromatic rings. The van der Waals surface area contributed by atoms with E-state index in [1.54, 1.807) is 0 Å². The Hall–Kier alpha value is -0.610. The molecule has 0 bridgehead atoms. The lowest BCUT2D eigenvalue weighted by atomic mass is 9.75. The van der Waals surface area contributed by atoms with E-state index in [1.807, 2.05) is 0 Å². The second-order valence-electron chi connectivity index (χ2n) is 7.27. The van der Waals surface area contributed by atoms with E-state index in [9.17, 15) is 4.79 Å². The monoisotopic (exact) mass is 283 g/mol. The van der Waals surface area contributed by atoms with Crippen molar-refractivity contribution in [1.29, 1.82) is 0 Å². The zero-order valence-corrected chi connectivity index (χ0v) is 13.9. The third-order valence-corrected chi connectivity index (χ3v) is 4.67. The van der Waals surface area contributed by atoms with Crippen LogP contribution in [0.1, 0.15) is 52.9 Å². The fourth-order valence-electron chi connectivity index (χ4n) is 3.35. The number of amides is 1. The van der Waals surface area contributed by atoms with Gasteiger partial charge in [0.05, 0.1) is 6.04 Å². The summed E-state index contributed by atoms with van der Waals surface area (Å²) in [6, 6.07) is -0.379. The maximum atomic E-state index is 12.1. The van der Waals surface area contributed by atoms with Gasteiger partial charge in [-0.3, -0.25) is 4.79 Å². The Kier molecular flexibility index (Phi) is 6.46. The fraction of sp³-hybridized carbons (Fsp3) is 0.938. The highest BCUT2D eigenvalue weighted by Gasteiger charge is 2.37. The van der Waals surface area contributed by atoms with Crippen LogP contribution in [-0.4, -0.2) is 43.0 Å². The largest absolute Gasteiger partial charge is 0.353 e. The van der Waals surface area contributed by atoms with Crippen molar-refractivity contribution in [2.24, 2.45) is 17.6 Å². The molecular formula is C16H33N3O. The standard InChI is InChI=1S/C16H33N3O/c1-12(2)9-14(17)15(20)18-11-16(19(4)5)8-6-7-13(3)10-16/h12-14H,6-11,17H2,1-5H3,(H,18,20)/t13?,14-,16?/m1/s1. The molecule has 0 aromatic heterocycles. The van der Waals surface area contributed by atoms with Crippen LogP contribution in [0.4, 0.5) is 0 Å². The lowest BCUT2D eigenvalue weighted by Gasteiger charge is -2.45. The van der Waals surface area contributed by atoms with Crippen LogP contribution in [0.25, 0.3) is 0 Å². The molecule has 1 rings (SSSR count). The molecule has 4 nitrogen and oxygen atoms in total. The number of nitrogens with one attached hydrogen (secondary N) is 1. The van der Waals surface area contributed by atoms with Gasteiger partial charge in [-0.2, -0.15) is 0 Å². The first-order chi connectivity index (χ1) is 9.27. The van der Waals surface area contributed by atoms with Crippen LogP contribution in [-0.2, 0) is 4.79 Å². The summed E-state index contributed by atoms with van der Waals surface area (Å²) in [7, 11) is 4.25. The van der Waals surface area contributed by atoms with Gasteiger partial charge in [-0.15, -0.1) is 0 Å². The molecular weight excluding hydrogens is 250 g/mol. The van der Waals surface area contributed by atoms with E-state index in [1.165, 1.54) is 12.8 Å². The van der Waals surface area contributed by atoms with E-state index in [-0.39, 0.29) is 17.5 Å². The average molecular weight is 283 g/mol. The minimum Gasteiger partial charge on any atom is -0.353 e. The van der Waals surface area contributed by atoms with Crippen molar-refractivity contribution in [2.45, 2.75) is 64.5 Å². The maximum absolute atomic E-state index is 12.1. The SMILES string of the molecule is CC(C)C[C@@H](N)C(=O)NCC1(N(C)C)CCCC(C)C1. The van der Waals surface area contributed by atoms with Crippen LogP contribution >= 0.6 is 0 Å². The van der Waals surface area contributed by atoms with Gasteiger partial charge in [0.1, 0.15) is 0 Å². The summed E-state index contributed by atoms with van der Waals surface area (Å²) in [5.74, 6) is 1.18. The van der Waals surface area contributed by atoms with E-state index in [0.717, 1.165) is 31.7 Å². The van der Waals surface area contributed by atoms with Crippen molar-refractivity contribution in [2.75, 3.05) is 20.6 Å². The fourth-order valence-corrected chi connectivity index (χ4v) is 3.35. The molecule has 1 amide bonds. The predicted octanol–water partition coefficient (Wildman–Crippen LogP) is 1.99. The summed E-state index contributed by atoms with van der Waals surface area (Å²) >= 11 is 0. The van der Waals surface area contributed by atoms with E-state index >= 15 is 0 Å². The number of nitrogens with zero attached hydrogens (tertiary/aromatic N) is 1. The van der Waals surface area contributed by atoms with Gasteiger partial charge in [0.25, 0.3) is 0 Å². The molecule has 3 N–H and O–H groups in total. The number of hydrogen-bond acceptors (Lipinski definition) is 3. The first kappa shape index (κ1) is 17.4. The molecule has 1 fully saturated rings. The molecule has 118 valence electrons. The molecule has 0 heterocycles. The summed E-state index contributed by atoms with van der Waals surface area (Å²) in [5, 5.41) is 3.09. The van der Waals surface area contributed by atoms with Crippen LogP contribution in [0.2, 0.25) is 0 Å². The molecule has 0 spiro atoms. The highest BCUT2D eigenvalue weighted by atomic mass is 16.2. The van der Waals surface area contributed by atoms with Gasteiger partial charge in [-0.1, -0.05) is 33.6 Å². The second-order valence-corrected chi connectivity index (χ2v) is 7.27. The summed E-state index contributed by atoms with van der Waals surface area (Å²) in [6.07, 6.45) is 5.60. The van der Waals surface area contributed by atoms with Crippen molar-refractivity contribution >= 4 is 5.91 Å². The second kappa shape index (κ2) is 7.41. The van der Waals surface area contributed by atoms with Crippen LogP contribution in [0.5, 0.6) is 0 Å². The van der Waals surface area contributed by atoms with Crippen molar-refractivity contribution in [3.63, 3.8) is 0 Å². The molecule has 1 aliphatic carbocycles. The Balaban J connectivity index is 2.57. The molecule has 4 heteroatoms. The number of carbonyl (C=O) groups excluding carboxylic acids is 1. The minimum atomic E-state index is -0.379. The van der Waals surface area contributed by atoms with Crippen LogP contribution < -0.4 is 11.1 Å². The zero-order chi connectivity index (χ0) is 15.3.